The maximum atomic E-state index is 11.6. The monoisotopic (exact) mass is 271 g/mol. The van der Waals surface area contributed by atoms with Crippen LogP contribution in [0, 0.1) is 0 Å². The van der Waals surface area contributed by atoms with Gasteiger partial charge in [-0.3, -0.25) is 0 Å². The topological polar surface area (TPSA) is 61.6 Å². The number of hydrogen-bond donors (Lipinski definition) is 1. The molecule has 0 aliphatic carbocycles. The van der Waals surface area contributed by atoms with Crippen LogP contribution < -0.4 is 10.5 Å². The summed E-state index contributed by atoms with van der Waals surface area (Å²) in [4.78, 5) is 11.6. The number of benzene rings is 2. The first-order valence-electron chi connectivity index (χ1n) is 6.77. The highest BCUT2D eigenvalue weighted by molar-refractivity contribution is 5.90. The number of ether oxygens (including phenoxy) is 2. The zero-order chi connectivity index (χ0) is 14.1. The Morgan fingerprint density at radius 3 is 2.80 bits per heavy atom. The summed E-state index contributed by atoms with van der Waals surface area (Å²) in [7, 11) is 0. The molecule has 1 unspecified atom stereocenters. The maximum absolute atomic E-state index is 11.6. The molecule has 4 heteroatoms. The van der Waals surface area contributed by atoms with Gasteiger partial charge in [-0.05, 0) is 12.3 Å². The summed E-state index contributed by atoms with van der Waals surface area (Å²) < 4.78 is 10.9. The first-order valence-corrected chi connectivity index (χ1v) is 6.77. The molecule has 2 aromatic carbocycles. The van der Waals surface area contributed by atoms with Gasteiger partial charge in [-0.25, -0.2) is 4.79 Å². The van der Waals surface area contributed by atoms with Gasteiger partial charge < -0.3 is 15.2 Å². The zero-order valence-corrected chi connectivity index (χ0v) is 11.3. The molecule has 1 heterocycles. The molecular weight excluding hydrogens is 254 g/mol. The maximum Gasteiger partial charge on any atom is 0.347 e. The molecule has 0 saturated carbocycles. The molecule has 2 N–H and O–H groups in total. The fourth-order valence-electron chi connectivity index (χ4n) is 2.48. The standard InChI is InChI=1S/C16H17NO3/c1-10(17)12-7-6-11-4-2-3-5-13(11)15(12)20-14-8-9-19-16(14)18/h2-7,10,14H,8-9,17H2,1H3/t10-,14?/m0/s1. The highest BCUT2D eigenvalue weighted by Crippen LogP contribution is 2.34. The van der Waals surface area contributed by atoms with Gasteiger partial charge in [0.2, 0.25) is 0 Å². The smallest absolute Gasteiger partial charge is 0.347 e. The van der Waals surface area contributed by atoms with E-state index in [1.54, 1.807) is 0 Å². The van der Waals surface area contributed by atoms with E-state index in [1.807, 2.05) is 43.3 Å². The van der Waals surface area contributed by atoms with Crippen LogP contribution in [0.1, 0.15) is 24.9 Å². The Morgan fingerprint density at radius 1 is 1.30 bits per heavy atom. The molecule has 1 aliphatic rings. The Labute approximate surface area is 117 Å². The summed E-state index contributed by atoms with van der Waals surface area (Å²) in [5, 5.41) is 2.04. The Balaban J connectivity index is 2.09. The van der Waals surface area contributed by atoms with Crippen molar-refractivity contribution >= 4 is 16.7 Å². The van der Waals surface area contributed by atoms with Gasteiger partial charge in [-0.1, -0.05) is 36.4 Å². The van der Waals surface area contributed by atoms with E-state index in [2.05, 4.69) is 0 Å². The highest BCUT2D eigenvalue weighted by Gasteiger charge is 2.29. The number of rotatable bonds is 3. The molecule has 2 atom stereocenters. The minimum Gasteiger partial charge on any atom is -0.478 e. The molecule has 104 valence electrons. The molecule has 4 nitrogen and oxygen atoms in total. The van der Waals surface area contributed by atoms with Crippen LogP contribution in [-0.4, -0.2) is 18.7 Å². The molecule has 0 bridgehead atoms. The van der Waals surface area contributed by atoms with E-state index >= 15 is 0 Å². The summed E-state index contributed by atoms with van der Waals surface area (Å²) in [5.41, 5.74) is 6.92. The minimum absolute atomic E-state index is 0.160. The second kappa shape index (κ2) is 5.13. The van der Waals surface area contributed by atoms with Crippen molar-refractivity contribution in [2.45, 2.75) is 25.5 Å². The van der Waals surface area contributed by atoms with Crippen LogP contribution in [0.5, 0.6) is 5.75 Å². The average Bonchev–Trinajstić information content (AvgIpc) is 2.84. The predicted octanol–water partition coefficient (Wildman–Crippen LogP) is 2.55. The summed E-state index contributed by atoms with van der Waals surface area (Å²) >= 11 is 0. The second-order valence-corrected chi connectivity index (χ2v) is 5.06. The van der Waals surface area contributed by atoms with E-state index in [1.165, 1.54) is 0 Å². The number of carbonyl (C=O) groups excluding carboxylic acids is 1. The van der Waals surface area contributed by atoms with Crippen molar-refractivity contribution in [3.05, 3.63) is 42.0 Å². The summed E-state index contributed by atoms with van der Waals surface area (Å²) in [5.74, 6) is 0.399. The van der Waals surface area contributed by atoms with Crippen molar-refractivity contribution in [1.29, 1.82) is 0 Å². The zero-order valence-electron chi connectivity index (χ0n) is 11.3. The Kier molecular flexibility index (Phi) is 3.32. The van der Waals surface area contributed by atoms with Crippen molar-refractivity contribution in [3.8, 4) is 5.75 Å². The summed E-state index contributed by atoms with van der Waals surface area (Å²) in [6, 6.07) is 11.7. The second-order valence-electron chi connectivity index (χ2n) is 5.06. The van der Waals surface area contributed by atoms with Gasteiger partial charge in [0.1, 0.15) is 5.75 Å². The van der Waals surface area contributed by atoms with Crippen molar-refractivity contribution in [2.24, 2.45) is 5.73 Å². The molecular formula is C16H17NO3. The molecule has 2 aromatic rings. The Bertz CT molecular complexity index is 651. The van der Waals surface area contributed by atoms with E-state index in [-0.39, 0.29) is 12.0 Å². The predicted molar refractivity (Wildman–Crippen MR) is 76.5 cm³/mol. The molecule has 0 spiro atoms. The number of nitrogens with two attached hydrogens (primary N) is 1. The van der Waals surface area contributed by atoms with Crippen LogP contribution in [0.4, 0.5) is 0 Å². The lowest BCUT2D eigenvalue weighted by Gasteiger charge is -2.18. The van der Waals surface area contributed by atoms with E-state index in [4.69, 9.17) is 15.2 Å². The number of hydrogen-bond acceptors (Lipinski definition) is 4. The summed E-state index contributed by atoms with van der Waals surface area (Å²) in [6.45, 7) is 2.33. The van der Waals surface area contributed by atoms with Crippen LogP contribution in [0.2, 0.25) is 0 Å². The minimum atomic E-state index is -0.529. The SMILES string of the molecule is C[C@H](N)c1ccc2ccccc2c1OC1CCOC1=O. The van der Waals surface area contributed by atoms with E-state index in [9.17, 15) is 4.79 Å². The quantitative estimate of drug-likeness (QED) is 0.871. The molecule has 0 aromatic heterocycles. The lowest BCUT2D eigenvalue weighted by Crippen LogP contribution is -2.23. The highest BCUT2D eigenvalue weighted by atomic mass is 16.6. The van der Waals surface area contributed by atoms with Crippen molar-refractivity contribution in [1.82, 2.24) is 0 Å². The number of esters is 1. The van der Waals surface area contributed by atoms with Gasteiger partial charge in [0.15, 0.2) is 6.10 Å². The molecule has 1 saturated heterocycles. The van der Waals surface area contributed by atoms with Crippen molar-refractivity contribution in [2.75, 3.05) is 6.61 Å². The third-order valence-corrected chi connectivity index (χ3v) is 3.55. The third-order valence-electron chi connectivity index (χ3n) is 3.55. The van der Waals surface area contributed by atoms with Crippen LogP contribution in [0.3, 0.4) is 0 Å². The van der Waals surface area contributed by atoms with Gasteiger partial charge in [-0.2, -0.15) is 0 Å². The first kappa shape index (κ1) is 12.9. The Morgan fingerprint density at radius 2 is 2.10 bits per heavy atom. The van der Waals surface area contributed by atoms with Gasteiger partial charge in [0.05, 0.1) is 6.61 Å². The van der Waals surface area contributed by atoms with E-state index < -0.39 is 6.10 Å². The molecule has 0 radical (unpaired) electrons. The van der Waals surface area contributed by atoms with E-state index in [0.717, 1.165) is 16.3 Å². The fraction of sp³-hybridized carbons (Fsp3) is 0.312. The van der Waals surface area contributed by atoms with Crippen LogP contribution >= 0.6 is 0 Å². The lowest BCUT2D eigenvalue weighted by atomic mass is 10.0. The molecule has 20 heavy (non-hydrogen) atoms. The van der Waals surface area contributed by atoms with Gasteiger partial charge in [-0.15, -0.1) is 0 Å². The van der Waals surface area contributed by atoms with Gasteiger partial charge >= 0.3 is 5.97 Å². The van der Waals surface area contributed by atoms with Crippen LogP contribution in [0.25, 0.3) is 10.8 Å². The molecule has 3 rings (SSSR count). The third kappa shape index (κ3) is 2.23. The Hall–Kier alpha value is -2.07. The largest absolute Gasteiger partial charge is 0.478 e. The summed E-state index contributed by atoms with van der Waals surface area (Å²) in [6.07, 6.45) is 0.0544. The molecule has 1 aliphatic heterocycles. The number of cyclic esters (lactones) is 1. The van der Waals surface area contributed by atoms with Crippen LogP contribution in [0.15, 0.2) is 36.4 Å². The van der Waals surface area contributed by atoms with E-state index in [0.29, 0.717) is 18.8 Å². The molecule has 1 fully saturated rings. The average molecular weight is 271 g/mol. The van der Waals surface area contributed by atoms with Crippen molar-refractivity contribution < 1.29 is 14.3 Å². The molecule has 0 amide bonds. The normalized spacial score (nSPS) is 19.9. The first-order chi connectivity index (χ1) is 9.66. The lowest BCUT2D eigenvalue weighted by molar-refractivity contribution is -0.143. The fourth-order valence-corrected chi connectivity index (χ4v) is 2.48. The van der Waals surface area contributed by atoms with Gasteiger partial charge in [0.25, 0.3) is 0 Å². The number of fused-ring (bicyclic) bond motifs is 1. The van der Waals surface area contributed by atoms with Crippen molar-refractivity contribution in [3.63, 3.8) is 0 Å². The van der Waals surface area contributed by atoms with Gasteiger partial charge in [0, 0.05) is 23.4 Å². The number of carbonyl (C=O) groups is 1. The van der Waals surface area contributed by atoms with Crippen LogP contribution in [-0.2, 0) is 9.53 Å².